The summed E-state index contributed by atoms with van der Waals surface area (Å²) in [4.78, 5) is 12.6. The molecule has 0 N–H and O–H groups in total. The van der Waals surface area contributed by atoms with E-state index in [1.807, 2.05) is 6.08 Å². The monoisotopic (exact) mass is 360 g/mol. The van der Waals surface area contributed by atoms with Gasteiger partial charge in [-0.3, -0.25) is 4.79 Å². The molecule has 0 saturated heterocycles. The average Bonchev–Trinajstić information content (AvgIpc) is 2.54. The number of hydrogen-bond donors (Lipinski definition) is 0. The molecule has 0 fully saturated rings. The summed E-state index contributed by atoms with van der Waals surface area (Å²) in [6.45, 7) is 0. The van der Waals surface area contributed by atoms with Gasteiger partial charge in [-0.1, -0.05) is 45.7 Å². The molecule has 0 radical (unpaired) electrons. The predicted octanol–water partition coefficient (Wildman–Crippen LogP) is 4.37. The van der Waals surface area contributed by atoms with Crippen molar-refractivity contribution in [3.63, 3.8) is 0 Å². The molecule has 0 aliphatic heterocycles. The molecule has 0 saturated carbocycles. The van der Waals surface area contributed by atoms with E-state index >= 15 is 0 Å². The molecule has 0 aromatic heterocycles. The first kappa shape index (κ1) is 20.1. The van der Waals surface area contributed by atoms with Crippen LogP contribution in [-0.2, 0) is 9.53 Å². The van der Waals surface area contributed by atoms with Crippen molar-refractivity contribution in [1.29, 1.82) is 0 Å². The minimum absolute atomic E-state index is 0.193. The van der Waals surface area contributed by atoms with Crippen LogP contribution in [0.4, 0.5) is 0 Å². The molecular weight excluding hydrogens is 340 g/mol. The van der Waals surface area contributed by atoms with E-state index in [2.05, 4.69) is 62.3 Å². The Morgan fingerprint density at radius 1 is 1.05 bits per heavy atom. The standard InChI is InChI=1S/C19H21BrO2/c1-22-19(21)17-15-13-11-9-7-5-3-2-4-6-8-10-12-14-16-18-20/h2-3,16,18H,4,6,8,10,13,15,17H2,1H3/b3-2-,18-16+. The Bertz CT molecular complexity index is 539. The zero-order chi connectivity index (χ0) is 16.3. The minimum atomic E-state index is -0.193. The van der Waals surface area contributed by atoms with E-state index in [1.54, 1.807) is 11.1 Å². The number of unbranched alkanes of at least 4 members (excludes halogenated alkanes) is 4. The third-order valence-electron chi connectivity index (χ3n) is 2.51. The molecule has 2 nitrogen and oxygen atoms in total. The van der Waals surface area contributed by atoms with E-state index < -0.39 is 0 Å². The van der Waals surface area contributed by atoms with Crippen molar-refractivity contribution >= 4 is 21.9 Å². The largest absolute Gasteiger partial charge is 0.469 e. The van der Waals surface area contributed by atoms with Gasteiger partial charge in [-0.2, -0.15) is 0 Å². The van der Waals surface area contributed by atoms with E-state index in [0.29, 0.717) is 19.3 Å². The Hall–Kier alpha value is -1.89. The lowest BCUT2D eigenvalue weighted by Gasteiger charge is -1.93. The van der Waals surface area contributed by atoms with Crippen LogP contribution in [0.1, 0.15) is 44.9 Å². The van der Waals surface area contributed by atoms with Gasteiger partial charge in [0.2, 0.25) is 0 Å². The number of methoxy groups -OCH3 is 1. The smallest absolute Gasteiger partial charge is 0.305 e. The van der Waals surface area contributed by atoms with Crippen LogP contribution in [0.3, 0.4) is 0 Å². The van der Waals surface area contributed by atoms with Crippen molar-refractivity contribution < 1.29 is 9.53 Å². The molecular formula is C19H21BrO2. The first-order chi connectivity index (χ1) is 10.8. The zero-order valence-corrected chi connectivity index (χ0v) is 14.5. The fourth-order valence-electron chi connectivity index (χ4n) is 1.39. The second kappa shape index (κ2) is 17.2. The Labute approximate surface area is 142 Å². The summed E-state index contributed by atoms with van der Waals surface area (Å²) in [5.41, 5.74) is 0. The molecule has 0 rings (SSSR count). The number of esters is 1. The number of allylic oxidation sites excluding steroid dienone is 3. The van der Waals surface area contributed by atoms with Gasteiger partial charge in [0.15, 0.2) is 0 Å². The predicted molar refractivity (Wildman–Crippen MR) is 94.9 cm³/mol. The van der Waals surface area contributed by atoms with Crippen LogP contribution in [0.25, 0.3) is 0 Å². The Morgan fingerprint density at radius 2 is 1.86 bits per heavy atom. The number of hydrogen-bond acceptors (Lipinski definition) is 2. The lowest BCUT2D eigenvalue weighted by Crippen LogP contribution is -1.98. The van der Waals surface area contributed by atoms with Gasteiger partial charge < -0.3 is 4.74 Å². The normalized spacial score (nSPS) is 9.36. The van der Waals surface area contributed by atoms with Crippen molar-refractivity contribution in [3.8, 4) is 35.5 Å². The van der Waals surface area contributed by atoms with Gasteiger partial charge in [0.05, 0.1) is 7.11 Å². The van der Waals surface area contributed by atoms with Crippen LogP contribution >= 0.6 is 15.9 Å². The minimum Gasteiger partial charge on any atom is -0.469 e. The lowest BCUT2D eigenvalue weighted by atomic mass is 10.2. The molecule has 0 heterocycles. The molecule has 0 unspecified atom stereocenters. The van der Waals surface area contributed by atoms with Gasteiger partial charge in [0.25, 0.3) is 0 Å². The van der Waals surface area contributed by atoms with Crippen LogP contribution in [-0.4, -0.2) is 13.1 Å². The van der Waals surface area contributed by atoms with Crippen LogP contribution in [0.2, 0.25) is 0 Å². The van der Waals surface area contributed by atoms with Gasteiger partial charge in [-0.25, -0.2) is 0 Å². The quantitative estimate of drug-likeness (QED) is 0.383. The van der Waals surface area contributed by atoms with Crippen molar-refractivity contribution in [2.24, 2.45) is 0 Å². The second-order valence-corrected chi connectivity index (χ2v) is 4.79. The Kier molecular flexibility index (Phi) is 15.7. The third-order valence-corrected chi connectivity index (χ3v) is 2.77. The second-order valence-electron chi connectivity index (χ2n) is 4.26. The fraction of sp³-hybridized carbons (Fsp3) is 0.421. The number of ether oxygens (including phenoxy) is 1. The van der Waals surface area contributed by atoms with Gasteiger partial charge >= 0.3 is 5.97 Å². The van der Waals surface area contributed by atoms with E-state index in [9.17, 15) is 4.79 Å². The highest BCUT2D eigenvalue weighted by Crippen LogP contribution is 1.99. The molecule has 22 heavy (non-hydrogen) atoms. The molecule has 0 spiro atoms. The molecule has 0 amide bonds. The molecule has 0 aliphatic carbocycles. The fourth-order valence-corrected chi connectivity index (χ4v) is 1.52. The highest BCUT2D eigenvalue weighted by Gasteiger charge is 1.96. The van der Waals surface area contributed by atoms with Crippen LogP contribution in [0.15, 0.2) is 23.2 Å². The van der Waals surface area contributed by atoms with Gasteiger partial charge in [0, 0.05) is 19.3 Å². The summed E-state index contributed by atoms with van der Waals surface area (Å²) in [6.07, 6.45) is 11.6. The molecule has 0 aliphatic rings. The molecule has 3 heteroatoms. The Balaban J connectivity index is 3.59. The van der Waals surface area contributed by atoms with Crippen molar-refractivity contribution in [2.75, 3.05) is 7.11 Å². The zero-order valence-electron chi connectivity index (χ0n) is 13.0. The summed E-state index contributed by atoms with van der Waals surface area (Å²) >= 11 is 3.17. The van der Waals surface area contributed by atoms with Crippen molar-refractivity contribution in [3.05, 3.63) is 23.2 Å². The number of rotatable bonds is 7. The lowest BCUT2D eigenvalue weighted by molar-refractivity contribution is -0.140. The number of carbonyl (C=O) groups is 1. The first-order valence-corrected chi connectivity index (χ1v) is 8.16. The summed E-state index contributed by atoms with van der Waals surface area (Å²) in [7, 11) is 1.39. The van der Waals surface area contributed by atoms with Crippen molar-refractivity contribution in [2.45, 2.75) is 44.9 Å². The summed E-state index contributed by atoms with van der Waals surface area (Å²) < 4.78 is 4.54. The highest BCUT2D eigenvalue weighted by molar-refractivity contribution is 9.11. The van der Waals surface area contributed by atoms with Crippen molar-refractivity contribution in [1.82, 2.24) is 0 Å². The van der Waals surface area contributed by atoms with Gasteiger partial charge in [-0.05, 0) is 54.7 Å². The maximum atomic E-state index is 10.8. The van der Waals surface area contributed by atoms with E-state index in [1.165, 1.54) is 7.11 Å². The van der Waals surface area contributed by atoms with E-state index in [-0.39, 0.29) is 5.97 Å². The molecule has 0 aromatic carbocycles. The van der Waals surface area contributed by atoms with E-state index in [4.69, 9.17) is 0 Å². The van der Waals surface area contributed by atoms with Gasteiger partial charge in [0.1, 0.15) is 0 Å². The van der Waals surface area contributed by atoms with Crippen LogP contribution in [0, 0.1) is 35.5 Å². The summed E-state index contributed by atoms with van der Waals surface area (Å²) in [5.74, 6) is 17.1. The van der Waals surface area contributed by atoms with Crippen LogP contribution < -0.4 is 0 Å². The number of carbonyl (C=O) groups excluding carboxylic acids is 1. The third kappa shape index (κ3) is 16.2. The SMILES string of the molecule is COC(=O)CCCC#CC#C/C=C\CCCCC#C/C=C/Br. The molecule has 0 aromatic rings. The maximum Gasteiger partial charge on any atom is 0.305 e. The van der Waals surface area contributed by atoms with Gasteiger partial charge in [-0.15, -0.1) is 0 Å². The molecule has 116 valence electrons. The maximum absolute atomic E-state index is 10.8. The first-order valence-electron chi connectivity index (χ1n) is 7.25. The van der Waals surface area contributed by atoms with E-state index in [0.717, 1.165) is 25.7 Å². The Morgan fingerprint density at radius 3 is 2.64 bits per heavy atom. The molecule has 0 atom stereocenters. The molecule has 0 bridgehead atoms. The topological polar surface area (TPSA) is 26.3 Å². The summed E-state index contributed by atoms with van der Waals surface area (Å²) in [6, 6.07) is 0. The van der Waals surface area contributed by atoms with Crippen LogP contribution in [0.5, 0.6) is 0 Å². The number of halogens is 1. The highest BCUT2D eigenvalue weighted by atomic mass is 79.9. The average molecular weight is 361 g/mol. The summed E-state index contributed by atoms with van der Waals surface area (Å²) in [5, 5.41) is 0.